The first-order valence-electron chi connectivity index (χ1n) is 9.02. The second-order valence-corrected chi connectivity index (χ2v) is 6.60. The standard InChI is InChI=1S/C22H22FN3O2/c1-15(2)28-20-10-7-18(8-11-20)25-19-9-12-21(24-14-19)26-22(27)13-16-3-5-17(23)6-4-16/h3-12,14-15,25H,13H2,1-2H3,(H,24,26,27). The van der Waals surface area contributed by atoms with Crippen LogP contribution in [-0.4, -0.2) is 17.0 Å². The summed E-state index contributed by atoms with van der Waals surface area (Å²) < 4.78 is 18.5. The van der Waals surface area contributed by atoms with Gasteiger partial charge in [-0.1, -0.05) is 12.1 Å². The van der Waals surface area contributed by atoms with Crippen molar-refractivity contribution in [1.82, 2.24) is 4.98 Å². The Balaban J connectivity index is 1.54. The van der Waals surface area contributed by atoms with Gasteiger partial charge in [-0.3, -0.25) is 4.79 Å². The van der Waals surface area contributed by atoms with E-state index in [1.165, 1.54) is 12.1 Å². The van der Waals surface area contributed by atoms with Crippen molar-refractivity contribution in [3.05, 3.63) is 78.2 Å². The third kappa shape index (κ3) is 5.81. The van der Waals surface area contributed by atoms with E-state index in [0.29, 0.717) is 5.82 Å². The van der Waals surface area contributed by atoms with E-state index in [9.17, 15) is 9.18 Å². The van der Waals surface area contributed by atoms with Crippen molar-refractivity contribution in [3.63, 3.8) is 0 Å². The minimum Gasteiger partial charge on any atom is -0.491 e. The third-order valence-electron chi connectivity index (χ3n) is 3.82. The molecule has 0 saturated heterocycles. The summed E-state index contributed by atoms with van der Waals surface area (Å²) >= 11 is 0. The number of halogens is 1. The zero-order valence-electron chi connectivity index (χ0n) is 15.8. The van der Waals surface area contributed by atoms with Crippen molar-refractivity contribution in [2.45, 2.75) is 26.4 Å². The van der Waals surface area contributed by atoms with Gasteiger partial charge >= 0.3 is 0 Å². The van der Waals surface area contributed by atoms with Crippen molar-refractivity contribution in [2.24, 2.45) is 0 Å². The van der Waals surface area contributed by atoms with E-state index in [0.717, 1.165) is 22.7 Å². The monoisotopic (exact) mass is 379 g/mol. The van der Waals surface area contributed by atoms with Crippen LogP contribution in [0.5, 0.6) is 5.75 Å². The van der Waals surface area contributed by atoms with Crippen LogP contribution in [0.3, 0.4) is 0 Å². The average molecular weight is 379 g/mol. The van der Waals surface area contributed by atoms with Crippen LogP contribution < -0.4 is 15.4 Å². The number of amides is 1. The number of anilines is 3. The molecule has 28 heavy (non-hydrogen) atoms. The van der Waals surface area contributed by atoms with Gasteiger partial charge in [0, 0.05) is 5.69 Å². The molecule has 2 N–H and O–H groups in total. The van der Waals surface area contributed by atoms with Crippen molar-refractivity contribution in [2.75, 3.05) is 10.6 Å². The van der Waals surface area contributed by atoms with Gasteiger partial charge in [0.25, 0.3) is 0 Å². The Labute approximate surface area is 163 Å². The van der Waals surface area contributed by atoms with Crippen LogP contribution in [0.25, 0.3) is 0 Å². The van der Waals surface area contributed by atoms with Gasteiger partial charge in [0.2, 0.25) is 5.91 Å². The zero-order valence-corrected chi connectivity index (χ0v) is 15.8. The topological polar surface area (TPSA) is 63.2 Å². The lowest BCUT2D eigenvalue weighted by atomic mass is 10.1. The highest BCUT2D eigenvalue weighted by atomic mass is 19.1. The maximum Gasteiger partial charge on any atom is 0.229 e. The van der Waals surface area contributed by atoms with E-state index in [1.807, 2.05) is 44.2 Å². The number of hydrogen-bond acceptors (Lipinski definition) is 4. The largest absolute Gasteiger partial charge is 0.491 e. The van der Waals surface area contributed by atoms with E-state index in [2.05, 4.69) is 15.6 Å². The summed E-state index contributed by atoms with van der Waals surface area (Å²) in [7, 11) is 0. The smallest absolute Gasteiger partial charge is 0.229 e. The van der Waals surface area contributed by atoms with Gasteiger partial charge in [0.1, 0.15) is 17.4 Å². The number of pyridine rings is 1. The molecule has 0 fully saturated rings. The predicted octanol–water partition coefficient (Wildman–Crippen LogP) is 4.93. The average Bonchev–Trinajstić information content (AvgIpc) is 2.66. The molecule has 2 aromatic carbocycles. The minimum atomic E-state index is -0.323. The molecule has 5 nitrogen and oxygen atoms in total. The van der Waals surface area contributed by atoms with Crippen LogP contribution in [0.2, 0.25) is 0 Å². The van der Waals surface area contributed by atoms with Gasteiger partial charge in [0.05, 0.1) is 24.4 Å². The van der Waals surface area contributed by atoms with Crippen molar-refractivity contribution >= 4 is 23.1 Å². The van der Waals surface area contributed by atoms with Gasteiger partial charge in [0.15, 0.2) is 0 Å². The summed E-state index contributed by atoms with van der Waals surface area (Å²) in [5.41, 5.74) is 2.45. The van der Waals surface area contributed by atoms with E-state index in [-0.39, 0.29) is 24.2 Å². The maximum absolute atomic E-state index is 12.9. The minimum absolute atomic E-state index is 0.133. The first kappa shape index (κ1) is 19.4. The first-order chi connectivity index (χ1) is 13.5. The number of benzene rings is 2. The molecule has 0 aliphatic rings. The number of carbonyl (C=O) groups excluding carboxylic acids is 1. The molecule has 0 atom stereocenters. The molecule has 0 saturated carbocycles. The highest BCUT2D eigenvalue weighted by Crippen LogP contribution is 2.21. The van der Waals surface area contributed by atoms with Gasteiger partial charge in [-0.15, -0.1) is 0 Å². The van der Waals surface area contributed by atoms with Crippen molar-refractivity contribution in [3.8, 4) is 5.75 Å². The Kier molecular flexibility index (Phi) is 6.22. The molecule has 0 aliphatic heterocycles. The molecule has 0 spiro atoms. The Bertz CT molecular complexity index is 908. The number of rotatable bonds is 7. The zero-order chi connectivity index (χ0) is 19.9. The summed E-state index contributed by atoms with van der Waals surface area (Å²) in [5.74, 6) is 0.743. The second-order valence-electron chi connectivity index (χ2n) is 6.60. The predicted molar refractivity (Wildman–Crippen MR) is 108 cm³/mol. The molecule has 3 rings (SSSR count). The maximum atomic E-state index is 12.9. The molecular formula is C22H22FN3O2. The van der Waals surface area contributed by atoms with Crippen LogP contribution >= 0.6 is 0 Å². The summed E-state index contributed by atoms with van der Waals surface area (Å²) in [5, 5.41) is 5.98. The Morgan fingerprint density at radius 2 is 1.68 bits per heavy atom. The van der Waals surface area contributed by atoms with E-state index in [4.69, 9.17) is 4.74 Å². The number of hydrogen-bond donors (Lipinski definition) is 2. The number of carbonyl (C=O) groups is 1. The SMILES string of the molecule is CC(C)Oc1ccc(Nc2ccc(NC(=O)Cc3ccc(F)cc3)nc2)cc1. The van der Waals surface area contributed by atoms with Crippen LogP contribution in [0, 0.1) is 5.82 Å². The van der Waals surface area contributed by atoms with E-state index < -0.39 is 0 Å². The Hall–Kier alpha value is -3.41. The lowest BCUT2D eigenvalue weighted by Gasteiger charge is -2.11. The lowest BCUT2D eigenvalue weighted by Crippen LogP contribution is -2.15. The summed E-state index contributed by atoms with van der Waals surface area (Å²) in [6.45, 7) is 3.97. The fourth-order valence-corrected chi connectivity index (χ4v) is 2.57. The van der Waals surface area contributed by atoms with Crippen LogP contribution in [0.15, 0.2) is 66.9 Å². The fraction of sp³-hybridized carbons (Fsp3) is 0.182. The Morgan fingerprint density at radius 3 is 2.29 bits per heavy atom. The molecule has 3 aromatic rings. The van der Waals surface area contributed by atoms with E-state index in [1.54, 1.807) is 24.4 Å². The number of nitrogens with one attached hydrogen (secondary N) is 2. The third-order valence-corrected chi connectivity index (χ3v) is 3.82. The highest BCUT2D eigenvalue weighted by molar-refractivity contribution is 5.91. The summed E-state index contributed by atoms with van der Waals surface area (Å²) in [6.07, 6.45) is 1.94. The molecule has 1 heterocycles. The molecule has 1 aromatic heterocycles. The van der Waals surface area contributed by atoms with Crippen LogP contribution in [0.4, 0.5) is 21.6 Å². The molecule has 0 radical (unpaired) electrons. The van der Waals surface area contributed by atoms with Crippen molar-refractivity contribution in [1.29, 1.82) is 0 Å². The molecule has 0 aliphatic carbocycles. The Morgan fingerprint density at radius 1 is 1.00 bits per heavy atom. The van der Waals surface area contributed by atoms with Crippen molar-refractivity contribution < 1.29 is 13.9 Å². The van der Waals surface area contributed by atoms with Crippen LogP contribution in [0.1, 0.15) is 19.4 Å². The normalized spacial score (nSPS) is 10.6. The summed E-state index contributed by atoms with van der Waals surface area (Å²) in [4.78, 5) is 16.3. The summed E-state index contributed by atoms with van der Waals surface area (Å²) in [6, 6.07) is 17.1. The van der Waals surface area contributed by atoms with E-state index >= 15 is 0 Å². The van der Waals surface area contributed by atoms with Gasteiger partial charge in [-0.2, -0.15) is 0 Å². The molecular weight excluding hydrogens is 357 g/mol. The van der Waals surface area contributed by atoms with Crippen LogP contribution in [-0.2, 0) is 11.2 Å². The molecule has 6 heteroatoms. The number of nitrogens with zero attached hydrogens (tertiary/aromatic N) is 1. The fourth-order valence-electron chi connectivity index (χ4n) is 2.57. The van der Waals surface area contributed by atoms with Gasteiger partial charge in [-0.05, 0) is 67.9 Å². The highest BCUT2D eigenvalue weighted by Gasteiger charge is 2.06. The first-order valence-corrected chi connectivity index (χ1v) is 9.02. The molecule has 0 bridgehead atoms. The van der Waals surface area contributed by atoms with Gasteiger partial charge in [-0.25, -0.2) is 9.37 Å². The lowest BCUT2D eigenvalue weighted by molar-refractivity contribution is -0.115. The number of ether oxygens (including phenoxy) is 1. The van der Waals surface area contributed by atoms with Gasteiger partial charge < -0.3 is 15.4 Å². The molecule has 0 unspecified atom stereocenters. The number of aromatic nitrogens is 1. The quantitative estimate of drug-likeness (QED) is 0.611. The molecule has 1 amide bonds. The second kappa shape index (κ2) is 8.99. The molecule has 144 valence electrons.